The number of hydrogen-bond acceptors (Lipinski definition) is 3. The van der Waals surface area contributed by atoms with Gasteiger partial charge in [-0.25, -0.2) is 4.98 Å². The number of amides is 1. The van der Waals surface area contributed by atoms with Crippen LogP contribution in [0.25, 0.3) is 0 Å². The van der Waals surface area contributed by atoms with E-state index in [1.807, 2.05) is 13.8 Å². The van der Waals surface area contributed by atoms with Gasteiger partial charge in [0.15, 0.2) is 0 Å². The molecule has 0 aliphatic heterocycles. The van der Waals surface area contributed by atoms with Crippen LogP contribution in [0.1, 0.15) is 26.0 Å². The Morgan fingerprint density at radius 1 is 1.47 bits per heavy atom. The number of carbonyl (C=O) groups is 1. The van der Waals surface area contributed by atoms with Crippen LogP contribution < -0.4 is 11.1 Å². The van der Waals surface area contributed by atoms with Crippen LogP contribution >= 0.6 is 0 Å². The second-order valence-corrected chi connectivity index (χ2v) is 4.33. The van der Waals surface area contributed by atoms with Crippen LogP contribution in [0.2, 0.25) is 0 Å². The normalized spacial score (nSPS) is 14.8. The van der Waals surface area contributed by atoms with Crippen molar-refractivity contribution >= 4 is 11.6 Å². The molecular formula is C12H16F3N3O. The molecule has 1 aromatic rings. The molecule has 19 heavy (non-hydrogen) atoms. The highest BCUT2D eigenvalue weighted by Crippen LogP contribution is 2.27. The van der Waals surface area contributed by atoms with Crippen molar-refractivity contribution in [3.05, 3.63) is 24.0 Å². The number of aromatic nitrogens is 1. The summed E-state index contributed by atoms with van der Waals surface area (Å²) < 4.78 is 36.9. The maximum atomic E-state index is 12.3. The Hall–Kier alpha value is -1.63. The fraction of sp³-hybridized carbons (Fsp3) is 0.500. The van der Waals surface area contributed by atoms with E-state index in [0.29, 0.717) is 0 Å². The number of anilines is 1. The maximum absolute atomic E-state index is 12.3. The van der Waals surface area contributed by atoms with Crippen LogP contribution in [0.15, 0.2) is 18.3 Å². The molecule has 1 amide bonds. The molecular weight excluding hydrogens is 259 g/mol. The fourth-order valence-electron chi connectivity index (χ4n) is 1.37. The van der Waals surface area contributed by atoms with Gasteiger partial charge >= 0.3 is 6.18 Å². The second-order valence-electron chi connectivity index (χ2n) is 4.33. The summed E-state index contributed by atoms with van der Waals surface area (Å²) in [5.41, 5.74) is 4.89. The number of carbonyl (C=O) groups excluding carboxylic acids is 1. The Kier molecular flexibility index (Phi) is 4.88. The molecule has 0 aliphatic carbocycles. The molecule has 1 heterocycles. The lowest BCUT2D eigenvalue weighted by molar-refractivity contribution is -0.141. The average Bonchev–Trinajstić information content (AvgIpc) is 2.36. The van der Waals surface area contributed by atoms with Gasteiger partial charge in [0, 0.05) is 0 Å². The molecule has 1 unspecified atom stereocenters. The van der Waals surface area contributed by atoms with E-state index in [1.165, 1.54) is 0 Å². The summed E-state index contributed by atoms with van der Waals surface area (Å²) >= 11 is 0. The molecule has 0 saturated heterocycles. The minimum atomic E-state index is -4.49. The van der Waals surface area contributed by atoms with Crippen molar-refractivity contribution < 1.29 is 18.0 Å². The molecule has 0 aliphatic rings. The van der Waals surface area contributed by atoms with Crippen LogP contribution in [0.5, 0.6) is 0 Å². The van der Waals surface area contributed by atoms with E-state index >= 15 is 0 Å². The monoisotopic (exact) mass is 275 g/mol. The Bertz CT molecular complexity index is 431. The number of pyridine rings is 1. The summed E-state index contributed by atoms with van der Waals surface area (Å²) in [7, 11) is 0. The first-order valence-corrected chi connectivity index (χ1v) is 5.85. The topological polar surface area (TPSA) is 68.0 Å². The zero-order valence-electron chi connectivity index (χ0n) is 10.7. The van der Waals surface area contributed by atoms with E-state index in [-0.39, 0.29) is 11.6 Å². The summed E-state index contributed by atoms with van der Waals surface area (Å²) in [5.74, 6) is -0.446. The second kappa shape index (κ2) is 6.01. The van der Waals surface area contributed by atoms with E-state index in [9.17, 15) is 18.0 Å². The summed E-state index contributed by atoms with van der Waals surface area (Å²) in [6, 6.07) is 1.26. The van der Waals surface area contributed by atoms with E-state index < -0.39 is 23.8 Å². The number of nitrogens with two attached hydrogens (primary N) is 1. The number of rotatable bonds is 4. The summed E-state index contributed by atoms with van der Waals surface area (Å²) in [4.78, 5) is 15.0. The first-order chi connectivity index (χ1) is 8.75. The van der Waals surface area contributed by atoms with Crippen molar-refractivity contribution in [3.63, 3.8) is 0 Å². The van der Waals surface area contributed by atoms with Gasteiger partial charge in [0.25, 0.3) is 0 Å². The molecule has 2 atom stereocenters. The van der Waals surface area contributed by atoms with Crippen molar-refractivity contribution in [2.24, 2.45) is 11.7 Å². The summed E-state index contributed by atoms with van der Waals surface area (Å²) in [6.45, 7) is 3.73. The third kappa shape index (κ3) is 4.20. The van der Waals surface area contributed by atoms with Crippen molar-refractivity contribution in [2.75, 3.05) is 5.32 Å². The Morgan fingerprint density at radius 3 is 2.53 bits per heavy atom. The van der Waals surface area contributed by atoms with Crippen LogP contribution in [0, 0.1) is 5.92 Å². The third-order valence-electron chi connectivity index (χ3n) is 2.88. The van der Waals surface area contributed by atoms with Crippen molar-refractivity contribution in [3.8, 4) is 0 Å². The zero-order valence-corrected chi connectivity index (χ0v) is 10.7. The predicted octanol–water partition coefficient (Wildman–Crippen LogP) is 2.41. The number of hydrogen-bond donors (Lipinski definition) is 2. The van der Waals surface area contributed by atoms with Crippen molar-refractivity contribution in [1.82, 2.24) is 4.98 Å². The number of alkyl halides is 3. The lowest BCUT2D eigenvalue weighted by Gasteiger charge is -2.17. The summed E-state index contributed by atoms with van der Waals surface area (Å²) in [6.07, 6.45) is -2.79. The van der Waals surface area contributed by atoms with Crippen molar-refractivity contribution in [1.29, 1.82) is 0 Å². The molecule has 3 N–H and O–H groups in total. The van der Waals surface area contributed by atoms with E-state index in [4.69, 9.17) is 5.73 Å². The van der Waals surface area contributed by atoms with Gasteiger partial charge in [-0.3, -0.25) is 4.79 Å². The van der Waals surface area contributed by atoms with Crippen LogP contribution in [-0.4, -0.2) is 16.9 Å². The van der Waals surface area contributed by atoms with Gasteiger partial charge in [-0.1, -0.05) is 20.3 Å². The smallest absolute Gasteiger partial charge is 0.323 e. The molecule has 4 nitrogen and oxygen atoms in total. The van der Waals surface area contributed by atoms with E-state index in [0.717, 1.165) is 24.8 Å². The molecule has 0 saturated carbocycles. The van der Waals surface area contributed by atoms with E-state index in [2.05, 4.69) is 10.3 Å². The number of nitrogens with zero attached hydrogens (tertiary/aromatic N) is 1. The molecule has 0 bridgehead atoms. The Morgan fingerprint density at radius 2 is 2.11 bits per heavy atom. The molecule has 0 spiro atoms. The minimum absolute atomic E-state index is 0.0117. The van der Waals surface area contributed by atoms with Gasteiger partial charge in [0.1, 0.15) is 5.69 Å². The predicted molar refractivity (Wildman–Crippen MR) is 65.3 cm³/mol. The fourth-order valence-corrected chi connectivity index (χ4v) is 1.37. The Balaban J connectivity index is 2.71. The van der Waals surface area contributed by atoms with Crippen molar-refractivity contribution in [2.45, 2.75) is 32.5 Å². The highest BCUT2D eigenvalue weighted by atomic mass is 19.4. The van der Waals surface area contributed by atoms with Gasteiger partial charge < -0.3 is 11.1 Å². The summed E-state index contributed by atoms with van der Waals surface area (Å²) in [5, 5.41) is 2.44. The highest BCUT2D eigenvalue weighted by molar-refractivity contribution is 5.94. The first-order valence-electron chi connectivity index (χ1n) is 5.85. The van der Waals surface area contributed by atoms with Gasteiger partial charge in [0.2, 0.25) is 5.91 Å². The highest BCUT2D eigenvalue weighted by Gasteiger charge is 2.32. The van der Waals surface area contributed by atoms with Gasteiger partial charge in [-0.05, 0) is 18.1 Å². The number of halogens is 3. The minimum Gasteiger partial charge on any atom is -0.323 e. The van der Waals surface area contributed by atoms with Gasteiger partial charge in [-0.15, -0.1) is 0 Å². The molecule has 1 rings (SSSR count). The zero-order chi connectivity index (χ0) is 14.6. The third-order valence-corrected chi connectivity index (χ3v) is 2.88. The average molecular weight is 275 g/mol. The molecule has 1 aromatic heterocycles. The lowest BCUT2D eigenvalue weighted by atomic mass is 9.99. The molecule has 106 valence electrons. The molecule has 0 radical (unpaired) electrons. The Labute approximate surface area is 109 Å². The standard InChI is InChI=1S/C12H16F3N3O/c1-3-7(2)10(16)11(19)18-8-4-5-9(17-6-8)12(13,14)15/h4-7,10H,3,16H2,1-2H3,(H,18,19)/t7?,10-/m0/s1. The van der Waals surface area contributed by atoms with E-state index in [1.54, 1.807) is 0 Å². The molecule has 0 fully saturated rings. The van der Waals surface area contributed by atoms with Gasteiger partial charge in [0.05, 0.1) is 17.9 Å². The molecule has 0 aromatic carbocycles. The molecule has 7 heteroatoms. The maximum Gasteiger partial charge on any atom is 0.433 e. The van der Waals surface area contributed by atoms with Crippen LogP contribution in [-0.2, 0) is 11.0 Å². The number of nitrogens with one attached hydrogen (secondary N) is 1. The largest absolute Gasteiger partial charge is 0.433 e. The van der Waals surface area contributed by atoms with Crippen LogP contribution in [0.4, 0.5) is 18.9 Å². The van der Waals surface area contributed by atoms with Crippen LogP contribution in [0.3, 0.4) is 0 Å². The quantitative estimate of drug-likeness (QED) is 0.886. The first kappa shape index (κ1) is 15.4. The SMILES string of the molecule is CCC(C)[C@H](N)C(=O)Nc1ccc(C(F)(F)F)nc1. The lowest BCUT2D eigenvalue weighted by Crippen LogP contribution is -2.40. The van der Waals surface area contributed by atoms with Gasteiger partial charge in [-0.2, -0.15) is 13.2 Å².